The summed E-state index contributed by atoms with van der Waals surface area (Å²) < 4.78 is 57.7. The summed E-state index contributed by atoms with van der Waals surface area (Å²) in [4.78, 5) is 76.0. The minimum absolute atomic E-state index is 0.00245. The Hall–Kier alpha value is -11.0. The maximum atomic E-state index is 13.3. The normalized spacial score (nSPS) is 10.9. The number of carbonyl (C=O) groups excluding carboxylic acids is 5. The van der Waals surface area contributed by atoms with E-state index in [2.05, 4.69) is 149 Å². The van der Waals surface area contributed by atoms with Gasteiger partial charge in [-0.15, -0.1) is 0 Å². The molecule has 17 N–H and O–H groups in total. The zero-order chi connectivity index (χ0) is 102. The van der Waals surface area contributed by atoms with Crippen LogP contribution in [0.4, 0.5) is 34.6 Å². The zero-order valence-corrected chi connectivity index (χ0v) is 90.1. The molecule has 13 aromatic rings. The van der Waals surface area contributed by atoms with Crippen molar-refractivity contribution < 1.29 is 41.5 Å². The highest BCUT2D eigenvalue weighted by Crippen LogP contribution is 2.32. The van der Waals surface area contributed by atoms with E-state index in [0.29, 0.717) is 120 Å². The number of nitrogens with one attached hydrogen (secondary N) is 7. The fraction of sp³-hybridized carbons (Fsp3) is 0.100. The van der Waals surface area contributed by atoms with Crippen molar-refractivity contribution in [2.75, 3.05) is 0 Å². The quantitative estimate of drug-likeness (QED) is 0.0123. The Labute approximate surface area is 902 Å². The van der Waals surface area contributed by atoms with Gasteiger partial charge in [-0.2, -0.15) is 10.5 Å². The average Bonchev–Trinajstić information content (AvgIpc) is 0.849. The number of hydrogen-bond acceptors (Lipinski definition) is 17. The van der Waals surface area contributed by atoms with Gasteiger partial charge in [0, 0.05) is 126 Å². The average molecular weight is 2460 g/mol. The highest BCUT2D eigenvalue weighted by molar-refractivity contribution is 9.11. The van der Waals surface area contributed by atoms with Crippen molar-refractivity contribution in [1.82, 2.24) is 26.6 Å². The summed E-state index contributed by atoms with van der Waals surface area (Å²) in [7, 11) is 0. The SMILES string of the molecule is N#Cc1ccc(CNC(=O)c2ccc(Br)cc2CSC(N)=Nc2ccc(Br)cc2)cc1.N#Cc1ccc(CNC(=O)c2ccc(Br)cc2CSC(N)=Nc2ccc(F)c(Cl)c2)cc1.N=C(N)SCc1cc(Br)ccc1C(=O)NCc1ccc(Cl)cc1Cl.N=C(N)SCc1cc(Br)ccc1C(=O)NCc1ccc(F)cc1.NC(=Nc1ccc(F)c(Cl)c1)SCc1cc(Br)ccc1C(=O)NCc1ccc(F)cc1. The molecule has 0 atom stereocenters. The van der Waals surface area contributed by atoms with Gasteiger partial charge in [-0.25, -0.2) is 32.5 Å². The number of nitrogens with two attached hydrogens (primary N) is 5. The molecule has 0 unspecified atom stereocenters. The number of amidine groups is 5. The lowest BCUT2D eigenvalue weighted by Crippen LogP contribution is -2.24. The molecular formula is C100H81Br6Cl4F4N17O5S5. The summed E-state index contributed by atoms with van der Waals surface area (Å²) in [6.07, 6.45) is 0. The molecule has 0 spiro atoms. The minimum Gasteiger partial charge on any atom is -0.379 e. The highest BCUT2D eigenvalue weighted by atomic mass is 79.9. The number of hydrogen-bond donors (Lipinski definition) is 12. The topological polar surface area (TPSA) is 408 Å². The van der Waals surface area contributed by atoms with E-state index in [1.54, 1.807) is 133 Å². The van der Waals surface area contributed by atoms with Gasteiger partial charge in [-0.05, 0) is 268 Å². The van der Waals surface area contributed by atoms with E-state index < -0.39 is 11.6 Å². The molecule has 724 valence electrons. The number of rotatable bonds is 28. The van der Waals surface area contributed by atoms with Crippen LogP contribution in [0.25, 0.3) is 0 Å². The van der Waals surface area contributed by atoms with Crippen molar-refractivity contribution in [3.05, 3.63) is 432 Å². The van der Waals surface area contributed by atoms with E-state index in [-0.39, 0.29) is 78.4 Å². The van der Waals surface area contributed by atoms with Crippen molar-refractivity contribution in [3.8, 4) is 12.1 Å². The Balaban J connectivity index is 0.000000198. The van der Waals surface area contributed by atoms with Gasteiger partial charge in [-0.3, -0.25) is 34.8 Å². The Morgan fingerprint density at radius 3 is 0.844 bits per heavy atom. The molecular weight excluding hydrogens is 2380 g/mol. The summed E-state index contributed by atoms with van der Waals surface area (Å²) >= 11 is 50.2. The maximum Gasteiger partial charge on any atom is 0.251 e. The van der Waals surface area contributed by atoms with Crippen LogP contribution in [0.15, 0.2) is 309 Å². The molecule has 5 amide bonds. The molecule has 0 aliphatic carbocycles. The van der Waals surface area contributed by atoms with Gasteiger partial charge in [0.2, 0.25) is 0 Å². The summed E-state index contributed by atoms with van der Waals surface area (Å²) in [5.41, 5.74) is 42.4. The molecule has 0 aliphatic rings. The number of thioether (sulfide) groups is 5. The molecule has 141 heavy (non-hydrogen) atoms. The molecule has 13 aromatic carbocycles. The number of nitriles is 2. The molecule has 0 saturated heterocycles. The number of carbonyl (C=O) groups is 5. The lowest BCUT2D eigenvalue weighted by Gasteiger charge is -2.11. The molecule has 0 fully saturated rings. The molecule has 0 bridgehead atoms. The van der Waals surface area contributed by atoms with Gasteiger partial charge in [0.1, 0.15) is 23.3 Å². The zero-order valence-electron chi connectivity index (χ0n) is 73.5. The van der Waals surface area contributed by atoms with Gasteiger partial charge in [0.25, 0.3) is 29.5 Å². The Kier molecular flexibility index (Phi) is 47.2. The molecule has 13 rings (SSSR count). The van der Waals surface area contributed by atoms with Crippen LogP contribution in [0.3, 0.4) is 0 Å². The van der Waals surface area contributed by atoms with Gasteiger partial charge >= 0.3 is 0 Å². The van der Waals surface area contributed by atoms with E-state index in [4.69, 9.17) is 96.4 Å². The lowest BCUT2D eigenvalue weighted by atomic mass is 10.1. The first kappa shape index (κ1) is 114. The van der Waals surface area contributed by atoms with E-state index in [9.17, 15) is 41.5 Å². The summed E-state index contributed by atoms with van der Waals surface area (Å²) in [6, 6.07) is 78.0. The van der Waals surface area contributed by atoms with E-state index in [0.717, 1.165) is 99.9 Å². The van der Waals surface area contributed by atoms with Crippen molar-refractivity contribution in [2.45, 2.75) is 61.5 Å². The predicted octanol–water partition coefficient (Wildman–Crippen LogP) is 26.5. The van der Waals surface area contributed by atoms with Gasteiger partial charge in [0.15, 0.2) is 25.8 Å². The van der Waals surface area contributed by atoms with Crippen LogP contribution in [0.5, 0.6) is 0 Å². The highest BCUT2D eigenvalue weighted by Gasteiger charge is 2.21. The van der Waals surface area contributed by atoms with Crippen LogP contribution in [0, 0.1) is 56.7 Å². The van der Waals surface area contributed by atoms with E-state index >= 15 is 0 Å². The van der Waals surface area contributed by atoms with Crippen LogP contribution in [0.2, 0.25) is 20.1 Å². The standard InChI is InChI=1S/C23H18Br2N4OS.C23H17BrClFN4OS.C22H17BrClF2N3OS.C16H14BrCl2N3OS.C16H15BrFN3OS/c24-18-5-8-20(9-6-18)29-23(27)31-14-17-11-19(25)7-10-21(17)22(30)28-13-16-3-1-15(12-26)2-4-16;24-17-5-7-19(22(31)29-12-15-3-1-14(11-27)2-4-15)16(9-17)13-32-23(28)30-18-6-8-21(26)20(25)10-18;23-15-3-7-18(21(30)28-11-13-1-4-16(25)5-2-13)14(9-15)12-31-22(27)29-17-6-8-20(26)19(24)10-17;17-11-2-4-13(10(5-11)8-24-16(20)21)15(23)22-7-9-1-3-12(18)6-14(9)19;17-12-3-6-14(11(7-12)9-23-16(19)20)15(22)21-8-10-1-4-13(18)5-2-10/h1-11H,13-14H2,(H2,27,29)(H,28,30);1-10H,12-13H2,(H2,28,30)(H,29,31);1-10H,11-12H2,(H2,27,29)(H,28,30);1-6H,7-8H2,(H3,20,21)(H,22,23);1-7H,8-9H2,(H3,19,20)(H,21,22). The molecule has 22 nitrogen and oxygen atoms in total. The van der Waals surface area contributed by atoms with Crippen molar-refractivity contribution in [2.24, 2.45) is 43.6 Å². The van der Waals surface area contributed by atoms with Crippen molar-refractivity contribution in [1.29, 1.82) is 21.3 Å². The fourth-order valence-electron chi connectivity index (χ4n) is 12.0. The second kappa shape index (κ2) is 58.6. The number of halogens is 14. The first-order valence-corrected chi connectivity index (χ1v) is 52.4. The third-order valence-electron chi connectivity index (χ3n) is 19.1. The van der Waals surface area contributed by atoms with Gasteiger partial charge in [-0.1, -0.05) is 255 Å². The molecule has 0 saturated carbocycles. The first-order valence-electron chi connectivity index (χ1n) is 41.2. The molecule has 0 aliphatic heterocycles. The lowest BCUT2D eigenvalue weighted by molar-refractivity contribution is 0.0942. The van der Waals surface area contributed by atoms with Crippen LogP contribution < -0.4 is 55.3 Å². The van der Waals surface area contributed by atoms with Crippen molar-refractivity contribution in [3.63, 3.8) is 0 Å². The Morgan fingerprint density at radius 1 is 0.305 bits per heavy atom. The molecule has 0 heterocycles. The third kappa shape index (κ3) is 39.7. The van der Waals surface area contributed by atoms with Crippen LogP contribution in [-0.2, 0) is 61.5 Å². The fourth-order valence-corrected chi connectivity index (χ4v) is 18.4. The largest absolute Gasteiger partial charge is 0.379 e. The predicted molar refractivity (Wildman–Crippen MR) is 589 cm³/mol. The van der Waals surface area contributed by atoms with Crippen LogP contribution in [-0.4, -0.2) is 55.4 Å². The third-order valence-corrected chi connectivity index (χ3v) is 27.3. The Morgan fingerprint density at radius 2 is 0.567 bits per heavy atom. The van der Waals surface area contributed by atoms with Crippen molar-refractivity contribution >= 4 is 273 Å². The van der Waals surface area contributed by atoms with Gasteiger partial charge < -0.3 is 55.3 Å². The second-order valence-corrected chi connectivity index (χ2v) is 41.4. The number of amides is 5. The monoisotopic (exact) mass is 2450 g/mol. The van der Waals surface area contributed by atoms with Crippen LogP contribution in [0.1, 0.15) is 119 Å². The molecule has 0 aromatic heterocycles. The summed E-state index contributed by atoms with van der Waals surface area (Å²) in [5, 5.41) is 48.6. The maximum absolute atomic E-state index is 13.3. The summed E-state index contributed by atoms with van der Waals surface area (Å²) in [5.74, 6) is -0.596. The Bertz CT molecular complexity index is 6850. The number of nitrogens with zero attached hydrogens (tertiary/aromatic N) is 5. The number of benzene rings is 13. The summed E-state index contributed by atoms with van der Waals surface area (Å²) in [6.45, 7) is 1.60. The van der Waals surface area contributed by atoms with Gasteiger partial charge in [0.05, 0.1) is 50.4 Å². The van der Waals surface area contributed by atoms with Crippen LogP contribution >= 0.6 is 201 Å². The van der Waals surface area contributed by atoms with E-state index in [1.165, 1.54) is 108 Å². The number of aliphatic imine (C=N–C) groups is 3. The minimum atomic E-state index is -0.530. The van der Waals surface area contributed by atoms with E-state index in [1.807, 2.05) is 72.8 Å². The first-order chi connectivity index (χ1) is 67.4. The second-order valence-electron chi connectivity index (χ2n) is 29.2. The molecule has 0 radical (unpaired) electrons. The smallest absolute Gasteiger partial charge is 0.251 e. The molecule has 41 heteroatoms.